The predicted molar refractivity (Wildman–Crippen MR) is 131 cm³/mol. The molecule has 3 N–H and O–H groups in total. The maximum absolute atomic E-state index is 11.3. The standard InChI is InChI=1S/C25H29N5O2S/c26-23(31)17-4-6-18(7-5-17)24-28-29-25(33-24)19-8-10-20(11-9-19)30-15-12-21(13-16-30)32-22-3-1-2-14-27-22/h4-11,21-22,27H,1-3,12-16H2,(H2,26,31). The summed E-state index contributed by atoms with van der Waals surface area (Å²) in [4.78, 5) is 13.7. The minimum absolute atomic E-state index is 0.243. The van der Waals surface area contributed by atoms with Crippen molar-refractivity contribution in [2.75, 3.05) is 24.5 Å². The van der Waals surface area contributed by atoms with Crippen molar-refractivity contribution in [2.24, 2.45) is 5.73 Å². The quantitative estimate of drug-likeness (QED) is 0.573. The van der Waals surface area contributed by atoms with Crippen molar-refractivity contribution in [2.45, 2.75) is 44.4 Å². The number of hydrogen-bond donors (Lipinski definition) is 2. The molecule has 0 aliphatic carbocycles. The summed E-state index contributed by atoms with van der Waals surface area (Å²) < 4.78 is 6.28. The number of piperidine rings is 2. The molecule has 1 amide bonds. The molecule has 7 nitrogen and oxygen atoms in total. The smallest absolute Gasteiger partial charge is 0.248 e. The lowest BCUT2D eigenvalue weighted by Crippen LogP contribution is -2.43. The van der Waals surface area contributed by atoms with Gasteiger partial charge >= 0.3 is 0 Å². The lowest BCUT2D eigenvalue weighted by molar-refractivity contribution is -0.0516. The Morgan fingerprint density at radius 1 is 0.939 bits per heavy atom. The average molecular weight is 464 g/mol. The van der Waals surface area contributed by atoms with Gasteiger partial charge in [0.15, 0.2) is 0 Å². The second-order valence-electron chi connectivity index (χ2n) is 8.66. The fourth-order valence-electron chi connectivity index (χ4n) is 4.47. The van der Waals surface area contributed by atoms with Crippen molar-refractivity contribution in [1.29, 1.82) is 0 Å². The van der Waals surface area contributed by atoms with Crippen LogP contribution in [0, 0.1) is 0 Å². The summed E-state index contributed by atoms with van der Waals surface area (Å²) in [5, 5.41) is 13.9. The Morgan fingerprint density at radius 3 is 2.15 bits per heavy atom. The van der Waals surface area contributed by atoms with E-state index in [1.807, 2.05) is 12.1 Å². The number of nitrogens with one attached hydrogen (secondary N) is 1. The van der Waals surface area contributed by atoms with Crippen molar-refractivity contribution in [1.82, 2.24) is 15.5 Å². The first-order valence-electron chi connectivity index (χ1n) is 11.6. The van der Waals surface area contributed by atoms with Gasteiger partial charge < -0.3 is 15.4 Å². The van der Waals surface area contributed by atoms with Gasteiger partial charge in [-0.2, -0.15) is 0 Å². The number of carbonyl (C=O) groups is 1. The molecule has 2 saturated heterocycles. The molecule has 0 radical (unpaired) electrons. The molecule has 0 spiro atoms. The van der Waals surface area contributed by atoms with E-state index in [1.165, 1.54) is 29.9 Å². The number of carbonyl (C=O) groups excluding carboxylic acids is 1. The van der Waals surface area contributed by atoms with Gasteiger partial charge in [0, 0.05) is 35.5 Å². The first-order valence-corrected chi connectivity index (χ1v) is 12.5. The van der Waals surface area contributed by atoms with Crippen LogP contribution in [0.15, 0.2) is 48.5 Å². The second-order valence-corrected chi connectivity index (χ2v) is 9.64. The molecular formula is C25H29N5O2S. The molecule has 1 unspecified atom stereocenters. The van der Waals surface area contributed by atoms with E-state index >= 15 is 0 Å². The third kappa shape index (κ3) is 5.24. The van der Waals surface area contributed by atoms with Crippen molar-refractivity contribution < 1.29 is 9.53 Å². The number of aromatic nitrogens is 2. The fraction of sp³-hybridized carbons (Fsp3) is 0.400. The van der Waals surface area contributed by atoms with E-state index in [-0.39, 0.29) is 6.23 Å². The highest BCUT2D eigenvalue weighted by molar-refractivity contribution is 7.17. The molecule has 33 heavy (non-hydrogen) atoms. The van der Waals surface area contributed by atoms with Crippen molar-refractivity contribution in [3.05, 3.63) is 54.1 Å². The third-order valence-electron chi connectivity index (χ3n) is 6.38. The fourth-order valence-corrected chi connectivity index (χ4v) is 5.32. The van der Waals surface area contributed by atoms with Crippen LogP contribution in [-0.2, 0) is 4.74 Å². The molecule has 2 aromatic carbocycles. The third-order valence-corrected chi connectivity index (χ3v) is 7.41. The van der Waals surface area contributed by atoms with Crippen LogP contribution >= 0.6 is 11.3 Å². The zero-order valence-corrected chi connectivity index (χ0v) is 19.4. The normalized spacial score (nSPS) is 19.5. The van der Waals surface area contributed by atoms with Gasteiger partial charge in [-0.1, -0.05) is 23.5 Å². The molecule has 2 aliphatic rings. The number of nitrogens with two attached hydrogens (primary N) is 1. The number of hydrogen-bond acceptors (Lipinski definition) is 7. The Morgan fingerprint density at radius 2 is 1.58 bits per heavy atom. The number of rotatable bonds is 6. The molecule has 1 aromatic heterocycles. The molecule has 8 heteroatoms. The predicted octanol–water partition coefficient (Wildman–Crippen LogP) is 4.06. The Bertz CT molecular complexity index is 1070. The largest absolute Gasteiger partial charge is 0.371 e. The van der Waals surface area contributed by atoms with Crippen LogP contribution in [0.1, 0.15) is 42.5 Å². The van der Waals surface area contributed by atoms with Crippen LogP contribution in [-0.4, -0.2) is 48.1 Å². The number of anilines is 1. The Balaban J connectivity index is 1.18. The molecule has 3 aromatic rings. The average Bonchev–Trinajstić information content (AvgIpc) is 3.36. The highest BCUT2D eigenvalue weighted by Crippen LogP contribution is 2.32. The van der Waals surface area contributed by atoms with Crippen LogP contribution in [0.4, 0.5) is 5.69 Å². The van der Waals surface area contributed by atoms with Crippen LogP contribution in [0.2, 0.25) is 0 Å². The van der Waals surface area contributed by atoms with Gasteiger partial charge in [-0.15, -0.1) is 10.2 Å². The lowest BCUT2D eigenvalue weighted by atomic mass is 10.1. The van der Waals surface area contributed by atoms with E-state index in [0.717, 1.165) is 60.0 Å². The number of ether oxygens (including phenoxy) is 1. The summed E-state index contributed by atoms with van der Waals surface area (Å²) in [7, 11) is 0. The summed E-state index contributed by atoms with van der Waals surface area (Å²) >= 11 is 1.54. The molecule has 2 aliphatic heterocycles. The molecule has 172 valence electrons. The van der Waals surface area contributed by atoms with E-state index in [0.29, 0.717) is 11.7 Å². The number of nitrogens with zero attached hydrogens (tertiary/aromatic N) is 3. The molecule has 2 fully saturated rings. The van der Waals surface area contributed by atoms with E-state index in [1.54, 1.807) is 12.1 Å². The Hall–Kier alpha value is -2.81. The van der Waals surface area contributed by atoms with Gasteiger partial charge in [-0.05, 0) is 75.0 Å². The van der Waals surface area contributed by atoms with Crippen molar-refractivity contribution in [3.63, 3.8) is 0 Å². The SMILES string of the molecule is NC(=O)c1ccc(-c2nnc(-c3ccc(N4CCC(OC5CCCCN5)CC4)cc3)s2)cc1. The molecular weight excluding hydrogens is 434 g/mol. The summed E-state index contributed by atoms with van der Waals surface area (Å²) in [6, 6.07) is 15.7. The van der Waals surface area contributed by atoms with Gasteiger partial charge in [0.05, 0.1) is 6.10 Å². The molecule has 1 atom stereocenters. The second kappa shape index (κ2) is 9.99. The van der Waals surface area contributed by atoms with Crippen LogP contribution in [0.5, 0.6) is 0 Å². The monoisotopic (exact) mass is 463 g/mol. The minimum atomic E-state index is -0.433. The van der Waals surface area contributed by atoms with Crippen LogP contribution in [0.3, 0.4) is 0 Å². The van der Waals surface area contributed by atoms with Gasteiger partial charge in [0.25, 0.3) is 0 Å². The van der Waals surface area contributed by atoms with E-state index < -0.39 is 5.91 Å². The Kier molecular flexibility index (Phi) is 6.66. The number of primary amides is 1. The van der Waals surface area contributed by atoms with Gasteiger partial charge in [-0.25, -0.2) is 0 Å². The first kappa shape index (κ1) is 22.0. The van der Waals surface area contributed by atoms with Gasteiger partial charge in [-0.3, -0.25) is 10.1 Å². The topological polar surface area (TPSA) is 93.4 Å². The summed E-state index contributed by atoms with van der Waals surface area (Å²) in [6.45, 7) is 3.11. The maximum atomic E-state index is 11.3. The van der Waals surface area contributed by atoms with Crippen molar-refractivity contribution in [3.8, 4) is 21.1 Å². The Labute approximate surface area is 198 Å². The highest BCUT2D eigenvalue weighted by Gasteiger charge is 2.24. The van der Waals surface area contributed by atoms with Gasteiger partial charge in [0.2, 0.25) is 5.91 Å². The lowest BCUT2D eigenvalue weighted by Gasteiger charge is -2.36. The van der Waals surface area contributed by atoms with Gasteiger partial charge in [0.1, 0.15) is 16.2 Å². The van der Waals surface area contributed by atoms with Crippen LogP contribution < -0.4 is 16.0 Å². The first-order chi connectivity index (χ1) is 16.2. The zero-order chi connectivity index (χ0) is 22.6. The highest BCUT2D eigenvalue weighted by atomic mass is 32.1. The van der Waals surface area contributed by atoms with E-state index in [2.05, 4.69) is 44.7 Å². The van der Waals surface area contributed by atoms with Crippen molar-refractivity contribution >= 4 is 22.9 Å². The minimum Gasteiger partial charge on any atom is -0.371 e. The van der Waals surface area contributed by atoms with E-state index in [9.17, 15) is 4.79 Å². The van der Waals surface area contributed by atoms with Crippen LogP contribution in [0.25, 0.3) is 21.1 Å². The molecule has 0 saturated carbocycles. The number of amides is 1. The maximum Gasteiger partial charge on any atom is 0.248 e. The summed E-state index contributed by atoms with van der Waals surface area (Å²) in [6.07, 6.45) is 6.38. The number of benzene rings is 2. The molecule has 3 heterocycles. The summed E-state index contributed by atoms with van der Waals surface area (Å²) in [5.41, 5.74) is 9.02. The van der Waals surface area contributed by atoms with E-state index in [4.69, 9.17) is 10.5 Å². The zero-order valence-electron chi connectivity index (χ0n) is 18.6. The summed E-state index contributed by atoms with van der Waals surface area (Å²) in [5.74, 6) is -0.433. The molecule has 5 rings (SSSR count). The molecule has 0 bridgehead atoms.